The fourth-order valence-electron chi connectivity index (χ4n) is 3.50. The van der Waals surface area contributed by atoms with Gasteiger partial charge in [-0.15, -0.1) is 11.8 Å². The predicted octanol–water partition coefficient (Wildman–Crippen LogP) is 4.49. The van der Waals surface area contributed by atoms with Crippen LogP contribution < -0.4 is 15.8 Å². The highest BCUT2D eigenvalue weighted by molar-refractivity contribution is 7.99. The van der Waals surface area contributed by atoms with Gasteiger partial charge in [-0.1, -0.05) is 6.92 Å². The van der Waals surface area contributed by atoms with Gasteiger partial charge in [0.15, 0.2) is 0 Å². The molecule has 0 bridgehead atoms. The fraction of sp³-hybridized carbons (Fsp3) is 0.333. The maximum Gasteiger partial charge on any atom is 0.431 e. The third kappa shape index (κ3) is 3.98. The number of thioether (sulfide) groups is 1. The highest BCUT2D eigenvalue weighted by Crippen LogP contribution is 2.36. The standard InChI is InChI=1S/C21H21F3N3O2S/c1-4-27-18(21(22,23)24)10-16(19(25-3)20(27)29)26-7-6-13-8-15(12-28)17(30-5-2)9-14(13)11-26/h6-10,25H,4-5,11H2,1-3H3. The first-order valence-corrected chi connectivity index (χ1v) is 10.4. The number of nitrogens with zero attached hydrogens (tertiary/aromatic N) is 2. The SMILES string of the molecule is CCSc1cc2c(cc1[C]=O)C=CN(c1cc(C(F)(F)F)n(CC)c(=O)c1NC)C2. The number of benzene rings is 1. The third-order valence-corrected chi connectivity index (χ3v) is 5.81. The van der Waals surface area contributed by atoms with E-state index in [-0.39, 0.29) is 24.5 Å². The van der Waals surface area contributed by atoms with Crippen LogP contribution in [0, 0.1) is 0 Å². The monoisotopic (exact) mass is 436 g/mol. The van der Waals surface area contributed by atoms with Gasteiger partial charge < -0.3 is 14.8 Å². The Balaban J connectivity index is 2.13. The molecule has 0 amide bonds. The molecular weight excluding hydrogens is 415 g/mol. The number of hydrogen-bond acceptors (Lipinski definition) is 5. The van der Waals surface area contributed by atoms with E-state index in [0.29, 0.717) is 5.56 Å². The van der Waals surface area contributed by atoms with Gasteiger partial charge in [0.1, 0.15) is 11.4 Å². The van der Waals surface area contributed by atoms with E-state index in [1.165, 1.54) is 25.7 Å². The predicted molar refractivity (Wildman–Crippen MR) is 114 cm³/mol. The Morgan fingerprint density at radius 3 is 2.53 bits per heavy atom. The summed E-state index contributed by atoms with van der Waals surface area (Å²) in [6.07, 6.45) is 0.620. The second-order valence-electron chi connectivity index (χ2n) is 6.61. The first-order chi connectivity index (χ1) is 14.2. The minimum Gasteiger partial charge on any atom is -0.382 e. The summed E-state index contributed by atoms with van der Waals surface area (Å²) in [4.78, 5) is 26.4. The van der Waals surface area contributed by atoms with Crippen molar-refractivity contribution in [3.8, 4) is 0 Å². The highest BCUT2D eigenvalue weighted by atomic mass is 32.2. The number of fused-ring (bicyclic) bond motifs is 1. The van der Waals surface area contributed by atoms with Crippen molar-refractivity contribution in [1.82, 2.24) is 4.57 Å². The van der Waals surface area contributed by atoms with Gasteiger partial charge >= 0.3 is 6.18 Å². The molecule has 0 saturated carbocycles. The van der Waals surface area contributed by atoms with Crippen LogP contribution in [-0.2, 0) is 24.1 Å². The molecule has 0 fully saturated rings. The quantitative estimate of drug-likeness (QED) is 0.677. The van der Waals surface area contributed by atoms with Crippen molar-refractivity contribution < 1.29 is 18.0 Å². The van der Waals surface area contributed by atoms with Crippen LogP contribution in [0.3, 0.4) is 0 Å². The van der Waals surface area contributed by atoms with Crippen LogP contribution in [-0.4, -0.2) is 23.7 Å². The van der Waals surface area contributed by atoms with Gasteiger partial charge in [-0.05, 0) is 48.1 Å². The van der Waals surface area contributed by atoms with Crippen molar-refractivity contribution in [3.63, 3.8) is 0 Å². The van der Waals surface area contributed by atoms with Gasteiger partial charge in [0, 0.05) is 36.8 Å². The molecule has 1 radical (unpaired) electrons. The van der Waals surface area contributed by atoms with Crippen molar-refractivity contribution in [2.24, 2.45) is 0 Å². The van der Waals surface area contributed by atoms with Gasteiger partial charge in [0.05, 0.1) is 5.69 Å². The summed E-state index contributed by atoms with van der Waals surface area (Å²) in [5.74, 6) is 0.765. The molecule has 0 unspecified atom stereocenters. The smallest absolute Gasteiger partial charge is 0.382 e. The average Bonchev–Trinajstić information content (AvgIpc) is 2.71. The minimum atomic E-state index is -4.66. The number of aromatic nitrogens is 1. The van der Waals surface area contributed by atoms with Crippen LogP contribution in [0.4, 0.5) is 24.5 Å². The highest BCUT2D eigenvalue weighted by Gasteiger charge is 2.36. The molecule has 9 heteroatoms. The molecule has 2 aromatic rings. The summed E-state index contributed by atoms with van der Waals surface area (Å²) in [6, 6.07) is 4.59. The van der Waals surface area contributed by atoms with Crippen LogP contribution in [0.15, 0.2) is 34.1 Å². The zero-order valence-corrected chi connectivity index (χ0v) is 17.6. The number of halogens is 3. The third-order valence-electron chi connectivity index (χ3n) is 4.87. The Morgan fingerprint density at radius 1 is 1.23 bits per heavy atom. The molecule has 1 aromatic heterocycles. The van der Waals surface area contributed by atoms with Gasteiger partial charge in [0.2, 0.25) is 6.29 Å². The zero-order chi connectivity index (χ0) is 22.1. The minimum absolute atomic E-state index is 0.0934. The Kier molecular flexibility index (Phi) is 6.30. The molecule has 0 aliphatic carbocycles. The Labute approximate surface area is 176 Å². The summed E-state index contributed by atoms with van der Waals surface area (Å²) < 4.78 is 41.5. The van der Waals surface area contributed by atoms with E-state index in [1.807, 2.05) is 19.3 Å². The number of anilines is 2. The van der Waals surface area contributed by atoms with Gasteiger partial charge in [-0.2, -0.15) is 13.2 Å². The fourth-order valence-corrected chi connectivity index (χ4v) is 4.29. The van der Waals surface area contributed by atoms with Crippen molar-refractivity contribution >= 4 is 35.5 Å². The van der Waals surface area contributed by atoms with Crippen LogP contribution in [0.1, 0.15) is 36.2 Å². The van der Waals surface area contributed by atoms with Crippen LogP contribution in [0.25, 0.3) is 6.08 Å². The Hall–Kier alpha value is -2.68. The molecule has 30 heavy (non-hydrogen) atoms. The molecule has 159 valence electrons. The van der Waals surface area contributed by atoms with E-state index in [4.69, 9.17) is 0 Å². The topological polar surface area (TPSA) is 54.3 Å². The van der Waals surface area contributed by atoms with Gasteiger partial charge in [0.25, 0.3) is 5.56 Å². The zero-order valence-electron chi connectivity index (χ0n) is 16.8. The molecule has 3 rings (SSSR count). The van der Waals surface area contributed by atoms with Crippen molar-refractivity contribution in [2.75, 3.05) is 23.0 Å². The number of hydrogen-bond donors (Lipinski definition) is 1. The van der Waals surface area contributed by atoms with Crippen molar-refractivity contribution in [2.45, 2.75) is 38.0 Å². The second-order valence-corrected chi connectivity index (χ2v) is 7.92. The Morgan fingerprint density at radius 2 is 1.97 bits per heavy atom. The largest absolute Gasteiger partial charge is 0.431 e. The number of carbonyl (C=O) groups excluding carboxylic acids is 1. The summed E-state index contributed by atoms with van der Waals surface area (Å²) in [5, 5.41) is 2.76. The maximum absolute atomic E-state index is 13.6. The van der Waals surface area contributed by atoms with Crippen LogP contribution >= 0.6 is 11.8 Å². The van der Waals surface area contributed by atoms with Crippen molar-refractivity contribution in [1.29, 1.82) is 0 Å². The molecule has 2 heterocycles. The number of nitrogens with one attached hydrogen (secondary N) is 1. The van der Waals surface area contributed by atoms with Crippen LogP contribution in [0.2, 0.25) is 0 Å². The van der Waals surface area contributed by atoms with Crippen molar-refractivity contribution in [3.05, 3.63) is 57.1 Å². The summed E-state index contributed by atoms with van der Waals surface area (Å²) in [6.45, 7) is 3.64. The van der Waals surface area contributed by atoms with E-state index in [9.17, 15) is 22.8 Å². The van der Waals surface area contributed by atoms with E-state index in [1.54, 1.807) is 23.2 Å². The first-order valence-electron chi connectivity index (χ1n) is 9.40. The van der Waals surface area contributed by atoms with E-state index < -0.39 is 17.4 Å². The lowest BCUT2D eigenvalue weighted by molar-refractivity contribution is -0.144. The molecule has 1 aliphatic heterocycles. The number of pyridine rings is 1. The summed E-state index contributed by atoms with van der Waals surface area (Å²) in [5.41, 5.74) is 0.640. The lowest BCUT2D eigenvalue weighted by Crippen LogP contribution is -2.32. The first kappa shape index (κ1) is 22.0. The number of alkyl halides is 3. The summed E-state index contributed by atoms with van der Waals surface area (Å²) in [7, 11) is 1.51. The second kappa shape index (κ2) is 8.59. The average molecular weight is 436 g/mol. The van der Waals surface area contributed by atoms with E-state index in [2.05, 4.69) is 5.32 Å². The Bertz CT molecular complexity index is 1060. The normalized spacial score (nSPS) is 13.3. The molecule has 1 aromatic carbocycles. The molecule has 1 aliphatic rings. The molecular formula is C21H21F3N3O2S. The van der Waals surface area contributed by atoms with Gasteiger partial charge in [-0.3, -0.25) is 9.59 Å². The van der Waals surface area contributed by atoms with E-state index in [0.717, 1.165) is 32.4 Å². The molecule has 5 nitrogen and oxygen atoms in total. The molecule has 1 N–H and O–H groups in total. The molecule has 0 saturated heterocycles. The van der Waals surface area contributed by atoms with E-state index >= 15 is 0 Å². The van der Waals surface area contributed by atoms with Gasteiger partial charge in [-0.25, -0.2) is 0 Å². The lowest BCUT2D eigenvalue weighted by Gasteiger charge is -2.29. The number of rotatable bonds is 6. The molecule has 0 atom stereocenters. The molecule has 0 spiro atoms. The summed E-state index contributed by atoms with van der Waals surface area (Å²) >= 11 is 1.50. The maximum atomic E-state index is 13.6. The lowest BCUT2D eigenvalue weighted by atomic mass is 10.0. The van der Waals surface area contributed by atoms with Crippen LogP contribution in [0.5, 0.6) is 0 Å².